The highest BCUT2D eigenvalue weighted by Crippen LogP contribution is 2.21. The molecule has 1 fully saturated rings. The molecule has 0 bridgehead atoms. The summed E-state index contributed by atoms with van der Waals surface area (Å²) in [6.45, 7) is 1.77. The average molecular weight is 262 g/mol. The third-order valence-electron chi connectivity index (χ3n) is 3.78. The Hall–Kier alpha value is -1.58. The summed E-state index contributed by atoms with van der Waals surface area (Å²) in [6, 6.07) is 1.91. The van der Waals surface area contributed by atoms with Crippen LogP contribution < -0.4 is 5.32 Å². The Bertz CT molecular complexity index is 438. The summed E-state index contributed by atoms with van der Waals surface area (Å²) in [4.78, 5) is 16.1. The predicted octanol–water partition coefficient (Wildman–Crippen LogP) is 2.94. The van der Waals surface area contributed by atoms with Crippen LogP contribution in [0, 0.1) is 6.92 Å². The Labute approximate surface area is 114 Å². The number of aromatic hydroxyl groups is 1. The molecule has 1 aromatic heterocycles. The van der Waals surface area contributed by atoms with Gasteiger partial charge in [0, 0.05) is 12.2 Å². The number of aromatic nitrogens is 1. The predicted molar refractivity (Wildman–Crippen MR) is 74.2 cm³/mol. The first-order valence-electron chi connectivity index (χ1n) is 7.14. The number of carbonyl (C=O) groups excluding carboxylic acids is 1. The summed E-state index contributed by atoms with van der Waals surface area (Å²) in [7, 11) is 0. The van der Waals surface area contributed by atoms with Crippen molar-refractivity contribution in [2.45, 2.75) is 57.9 Å². The van der Waals surface area contributed by atoms with E-state index in [2.05, 4.69) is 10.3 Å². The second-order valence-corrected chi connectivity index (χ2v) is 5.34. The van der Waals surface area contributed by atoms with Crippen LogP contribution in [-0.4, -0.2) is 22.0 Å². The fourth-order valence-electron chi connectivity index (χ4n) is 2.57. The van der Waals surface area contributed by atoms with Crippen LogP contribution in [0.15, 0.2) is 12.3 Å². The van der Waals surface area contributed by atoms with E-state index in [-0.39, 0.29) is 23.4 Å². The normalized spacial score (nSPS) is 17.5. The van der Waals surface area contributed by atoms with E-state index in [1.165, 1.54) is 19.3 Å². The number of nitrogens with one attached hydrogen (secondary N) is 1. The minimum atomic E-state index is -0.258. The van der Waals surface area contributed by atoms with Gasteiger partial charge in [-0.15, -0.1) is 0 Å². The summed E-state index contributed by atoms with van der Waals surface area (Å²) in [6.07, 6.45) is 9.75. The fraction of sp³-hybridized carbons (Fsp3) is 0.600. The van der Waals surface area contributed by atoms with Gasteiger partial charge in [-0.25, -0.2) is 4.98 Å². The van der Waals surface area contributed by atoms with E-state index in [0.717, 1.165) is 25.7 Å². The van der Waals surface area contributed by atoms with E-state index in [9.17, 15) is 9.90 Å². The Kier molecular flexibility index (Phi) is 4.77. The molecule has 0 radical (unpaired) electrons. The zero-order chi connectivity index (χ0) is 13.7. The van der Waals surface area contributed by atoms with E-state index in [1.54, 1.807) is 19.2 Å². The van der Waals surface area contributed by atoms with Gasteiger partial charge in [0.2, 0.25) is 0 Å². The fourth-order valence-corrected chi connectivity index (χ4v) is 2.57. The Morgan fingerprint density at radius 2 is 1.89 bits per heavy atom. The van der Waals surface area contributed by atoms with Crippen molar-refractivity contribution >= 4 is 5.91 Å². The highest BCUT2D eigenvalue weighted by atomic mass is 16.3. The maximum absolute atomic E-state index is 12.2. The summed E-state index contributed by atoms with van der Waals surface area (Å²) < 4.78 is 0. The van der Waals surface area contributed by atoms with E-state index in [4.69, 9.17) is 0 Å². The zero-order valence-electron chi connectivity index (χ0n) is 11.5. The molecule has 104 valence electrons. The lowest BCUT2D eigenvalue weighted by Crippen LogP contribution is -2.35. The van der Waals surface area contributed by atoms with Crippen molar-refractivity contribution in [2.24, 2.45) is 0 Å². The van der Waals surface area contributed by atoms with Crippen molar-refractivity contribution in [1.82, 2.24) is 10.3 Å². The molecule has 1 aromatic rings. The highest BCUT2D eigenvalue weighted by molar-refractivity contribution is 5.95. The number of aryl methyl sites for hydroxylation is 1. The van der Waals surface area contributed by atoms with Crippen LogP contribution in [0.1, 0.15) is 61.0 Å². The largest absolute Gasteiger partial charge is 0.505 e. The smallest absolute Gasteiger partial charge is 0.273 e. The van der Waals surface area contributed by atoms with E-state index >= 15 is 0 Å². The maximum Gasteiger partial charge on any atom is 0.273 e. The second kappa shape index (κ2) is 6.55. The monoisotopic (exact) mass is 262 g/mol. The van der Waals surface area contributed by atoms with Gasteiger partial charge in [-0.1, -0.05) is 32.1 Å². The zero-order valence-corrected chi connectivity index (χ0v) is 11.5. The third kappa shape index (κ3) is 3.69. The van der Waals surface area contributed by atoms with Crippen LogP contribution >= 0.6 is 0 Å². The van der Waals surface area contributed by atoms with Gasteiger partial charge in [-0.3, -0.25) is 4.79 Å². The molecule has 1 aliphatic rings. The number of hydrogen-bond donors (Lipinski definition) is 2. The molecule has 0 atom stereocenters. The first kappa shape index (κ1) is 13.8. The minimum absolute atomic E-state index is 0.00848. The molecule has 0 saturated heterocycles. The first-order valence-corrected chi connectivity index (χ1v) is 7.14. The van der Waals surface area contributed by atoms with Gasteiger partial charge < -0.3 is 10.4 Å². The molecule has 1 heterocycles. The number of carbonyl (C=O) groups is 1. The average Bonchev–Trinajstić information content (AvgIpc) is 2.35. The second-order valence-electron chi connectivity index (χ2n) is 5.34. The molecular weight excluding hydrogens is 240 g/mol. The van der Waals surface area contributed by atoms with Crippen LogP contribution in [0.5, 0.6) is 5.75 Å². The summed E-state index contributed by atoms with van der Waals surface area (Å²) in [5.41, 5.74) is 0.819. The number of rotatable bonds is 2. The molecule has 0 spiro atoms. The van der Waals surface area contributed by atoms with Crippen molar-refractivity contribution in [3.8, 4) is 5.75 Å². The lowest BCUT2D eigenvalue weighted by molar-refractivity contribution is 0.0922. The van der Waals surface area contributed by atoms with E-state index in [1.807, 2.05) is 0 Å². The Balaban J connectivity index is 2.01. The molecule has 1 amide bonds. The van der Waals surface area contributed by atoms with Gasteiger partial charge in [-0.05, 0) is 31.4 Å². The van der Waals surface area contributed by atoms with Crippen LogP contribution in [0.2, 0.25) is 0 Å². The molecule has 2 rings (SSSR count). The molecule has 2 N–H and O–H groups in total. The number of nitrogens with zero attached hydrogens (tertiary/aromatic N) is 1. The summed E-state index contributed by atoms with van der Waals surface area (Å²) in [5.74, 6) is -0.266. The molecule has 1 aliphatic carbocycles. The van der Waals surface area contributed by atoms with Crippen LogP contribution in [0.4, 0.5) is 0 Å². The van der Waals surface area contributed by atoms with Crippen molar-refractivity contribution < 1.29 is 9.90 Å². The summed E-state index contributed by atoms with van der Waals surface area (Å²) in [5, 5.41) is 12.9. The lowest BCUT2D eigenvalue weighted by atomic mass is 9.96. The van der Waals surface area contributed by atoms with Gasteiger partial charge in [-0.2, -0.15) is 0 Å². The maximum atomic E-state index is 12.2. The molecule has 19 heavy (non-hydrogen) atoms. The summed E-state index contributed by atoms with van der Waals surface area (Å²) >= 11 is 0. The SMILES string of the molecule is Cc1ccnc(C(=O)NC2CCCCCCC2)c1O. The quantitative estimate of drug-likeness (QED) is 0.861. The van der Waals surface area contributed by atoms with E-state index in [0.29, 0.717) is 5.56 Å². The lowest BCUT2D eigenvalue weighted by Gasteiger charge is -2.21. The van der Waals surface area contributed by atoms with Gasteiger partial charge in [0.15, 0.2) is 5.69 Å². The first-order chi connectivity index (χ1) is 9.18. The molecule has 0 unspecified atom stereocenters. The van der Waals surface area contributed by atoms with Gasteiger partial charge in [0.05, 0.1) is 0 Å². The van der Waals surface area contributed by atoms with Gasteiger partial charge in [0.1, 0.15) is 5.75 Å². The molecule has 0 aromatic carbocycles. The van der Waals surface area contributed by atoms with Crippen LogP contribution in [0.3, 0.4) is 0 Å². The van der Waals surface area contributed by atoms with Crippen molar-refractivity contribution in [2.75, 3.05) is 0 Å². The van der Waals surface area contributed by atoms with Crippen molar-refractivity contribution in [3.05, 3.63) is 23.5 Å². The van der Waals surface area contributed by atoms with Crippen LogP contribution in [-0.2, 0) is 0 Å². The Morgan fingerprint density at radius 1 is 1.26 bits per heavy atom. The standard InChI is InChI=1S/C15H22N2O2/c1-11-9-10-16-13(14(11)18)15(19)17-12-7-5-3-2-4-6-8-12/h9-10,12,18H,2-8H2,1H3,(H,17,19). The topological polar surface area (TPSA) is 62.2 Å². The van der Waals surface area contributed by atoms with E-state index < -0.39 is 0 Å². The molecule has 4 heteroatoms. The van der Waals surface area contributed by atoms with Gasteiger partial charge >= 0.3 is 0 Å². The van der Waals surface area contributed by atoms with Crippen molar-refractivity contribution in [3.63, 3.8) is 0 Å². The number of hydrogen-bond acceptors (Lipinski definition) is 3. The number of pyridine rings is 1. The number of amides is 1. The minimum Gasteiger partial charge on any atom is -0.505 e. The highest BCUT2D eigenvalue weighted by Gasteiger charge is 2.19. The molecule has 0 aliphatic heterocycles. The molecule has 4 nitrogen and oxygen atoms in total. The van der Waals surface area contributed by atoms with Crippen molar-refractivity contribution in [1.29, 1.82) is 0 Å². The Morgan fingerprint density at radius 3 is 2.58 bits per heavy atom. The third-order valence-corrected chi connectivity index (χ3v) is 3.78. The molecule has 1 saturated carbocycles. The molecular formula is C15H22N2O2. The van der Waals surface area contributed by atoms with Crippen LogP contribution in [0.25, 0.3) is 0 Å². The van der Waals surface area contributed by atoms with Gasteiger partial charge in [0.25, 0.3) is 5.91 Å².